The van der Waals surface area contributed by atoms with Crippen molar-refractivity contribution in [1.82, 2.24) is 19.5 Å². The minimum absolute atomic E-state index is 0.0797. The molecule has 0 bridgehead atoms. The molecule has 36 heavy (non-hydrogen) atoms. The predicted octanol–water partition coefficient (Wildman–Crippen LogP) is 5.40. The van der Waals surface area contributed by atoms with E-state index in [2.05, 4.69) is 25.0 Å². The van der Waals surface area contributed by atoms with Crippen LogP contribution in [0.2, 0.25) is 0 Å². The van der Waals surface area contributed by atoms with Crippen LogP contribution in [0.25, 0.3) is 22.2 Å². The first-order chi connectivity index (χ1) is 17.1. The van der Waals surface area contributed by atoms with Gasteiger partial charge in [-0.05, 0) is 43.3 Å². The van der Waals surface area contributed by atoms with Crippen LogP contribution >= 0.6 is 11.6 Å². The summed E-state index contributed by atoms with van der Waals surface area (Å²) in [7, 11) is 0. The summed E-state index contributed by atoms with van der Waals surface area (Å²) in [6.45, 7) is 1.14. The Morgan fingerprint density at radius 1 is 1.19 bits per heavy atom. The summed E-state index contributed by atoms with van der Waals surface area (Å²) in [5, 5.41) is 12.3. The average molecular weight is 524 g/mol. The molecule has 4 rings (SSSR count). The number of rotatable bonds is 8. The summed E-state index contributed by atoms with van der Waals surface area (Å²) in [5.74, 6) is -1.40. The molecule has 0 aliphatic heterocycles. The number of hydrogen-bond donors (Lipinski definition) is 2. The maximum atomic E-state index is 13.8. The minimum Gasteiger partial charge on any atom is -0.420 e. The molecule has 1 amide bonds. The Hall–Kier alpha value is -3.77. The van der Waals surface area contributed by atoms with E-state index in [0.29, 0.717) is 11.1 Å². The third-order valence-corrected chi connectivity index (χ3v) is 5.27. The monoisotopic (exact) mass is 523 g/mol. The van der Waals surface area contributed by atoms with Crippen LogP contribution in [0.1, 0.15) is 35.6 Å². The molecule has 188 valence electrons. The number of imidazole rings is 1. The van der Waals surface area contributed by atoms with E-state index in [1.165, 1.54) is 59.7 Å². The largest absolute Gasteiger partial charge is 0.487 e. The van der Waals surface area contributed by atoms with Crippen LogP contribution in [0, 0.1) is 0 Å². The van der Waals surface area contributed by atoms with Gasteiger partial charge in [0.15, 0.2) is 5.82 Å². The fourth-order valence-corrected chi connectivity index (χ4v) is 3.75. The number of aliphatic hydroxyl groups is 1. The van der Waals surface area contributed by atoms with Gasteiger partial charge >= 0.3 is 5.57 Å². The maximum Gasteiger partial charge on any atom is 0.487 e. The molecule has 2 heterocycles. The van der Waals surface area contributed by atoms with E-state index in [-0.39, 0.29) is 28.0 Å². The van der Waals surface area contributed by atoms with Crippen LogP contribution < -0.4 is 10.1 Å². The average Bonchev–Trinajstić information content (AvgIpc) is 3.24. The standard InChI is InChI=1S/C23H18ClF4N5O3/c1-12(10-34)33-19-17(14-8-29-11-30-9-14)6-13(7-18(19)32-21(33)20(25)26)22(35)31-15-2-4-16(5-3-15)36-23(24,27)28/h2-9,11-12,20,34H,10H2,1H3,(H,31,35)/t12-/m1/s1. The first-order valence-electron chi connectivity index (χ1n) is 10.4. The van der Waals surface area contributed by atoms with E-state index in [1.807, 2.05) is 0 Å². The van der Waals surface area contributed by atoms with Gasteiger partial charge in [-0.1, -0.05) is 0 Å². The Kier molecular flexibility index (Phi) is 7.09. The number of benzene rings is 2. The summed E-state index contributed by atoms with van der Waals surface area (Å²) in [6.07, 6.45) is 1.27. The maximum absolute atomic E-state index is 13.8. The van der Waals surface area contributed by atoms with Crippen molar-refractivity contribution in [2.75, 3.05) is 11.9 Å². The number of hydrogen-bond acceptors (Lipinski definition) is 6. The molecule has 8 nitrogen and oxygen atoms in total. The number of carbonyl (C=O) groups is 1. The lowest BCUT2D eigenvalue weighted by Crippen LogP contribution is -2.16. The van der Waals surface area contributed by atoms with Crippen LogP contribution in [0.3, 0.4) is 0 Å². The first-order valence-corrected chi connectivity index (χ1v) is 10.8. The van der Waals surface area contributed by atoms with Gasteiger partial charge < -0.3 is 19.7 Å². The van der Waals surface area contributed by atoms with E-state index in [0.717, 1.165) is 0 Å². The van der Waals surface area contributed by atoms with E-state index >= 15 is 0 Å². The van der Waals surface area contributed by atoms with Gasteiger partial charge in [-0.2, -0.15) is 0 Å². The number of anilines is 1. The van der Waals surface area contributed by atoms with Crippen LogP contribution in [0.5, 0.6) is 5.75 Å². The number of amides is 1. The molecule has 1 atom stereocenters. The summed E-state index contributed by atoms with van der Waals surface area (Å²) in [5.41, 5.74) is -2.38. The Balaban J connectivity index is 1.78. The number of ether oxygens (including phenoxy) is 1. The highest BCUT2D eigenvalue weighted by Gasteiger charge is 2.28. The Morgan fingerprint density at radius 3 is 2.44 bits per heavy atom. The third kappa shape index (κ3) is 5.39. The number of nitrogens with zero attached hydrogens (tertiary/aromatic N) is 4. The molecule has 0 saturated heterocycles. The topological polar surface area (TPSA) is 102 Å². The Labute approximate surface area is 206 Å². The van der Waals surface area contributed by atoms with Gasteiger partial charge in [-0.25, -0.2) is 23.7 Å². The normalized spacial score (nSPS) is 12.7. The number of aliphatic hydroxyl groups excluding tert-OH is 1. The summed E-state index contributed by atoms with van der Waals surface area (Å²) >= 11 is 4.74. The van der Waals surface area contributed by atoms with E-state index in [9.17, 15) is 27.5 Å². The highest BCUT2D eigenvalue weighted by atomic mass is 35.5. The highest BCUT2D eigenvalue weighted by molar-refractivity contribution is 6.20. The Bertz CT molecular complexity index is 1380. The quantitative estimate of drug-likeness (QED) is 0.237. The molecule has 4 aromatic rings. The van der Waals surface area contributed by atoms with Gasteiger partial charge in [0.05, 0.1) is 23.7 Å². The Morgan fingerprint density at radius 2 is 1.86 bits per heavy atom. The van der Waals surface area contributed by atoms with E-state index in [1.54, 1.807) is 6.92 Å². The van der Waals surface area contributed by atoms with Crippen molar-refractivity contribution in [3.05, 3.63) is 66.5 Å². The number of fused-ring (bicyclic) bond motifs is 1. The molecule has 0 unspecified atom stereocenters. The molecule has 0 radical (unpaired) electrons. The predicted molar refractivity (Wildman–Crippen MR) is 123 cm³/mol. The number of halogens is 5. The number of aromatic nitrogens is 4. The molecule has 2 aromatic heterocycles. The molecule has 0 aliphatic rings. The van der Waals surface area contributed by atoms with E-state index in [4.69, 9.17) is 11.6 Å². The minimum atomic E-state index is -3.88. The van der Waals surface area contributed by atoms with Crippen LogP contribution in [0.15, 0.2) is 55.1 Å². The van der Waals surface area contributed by atoms with Gasteiger partial charge in [0.25, 0.3) is 12.3 Å². The van der Waals surface area contributed by atoms with Crippen LogP contribution in [-0.4, -0.2) is 42.7 Å². The molecular weight excluding hydrogens is 506 g/mol. The molecule has 0 spiro atoms. The zero-order valence-corrected chi connectivity index (χ0v) is 19.3. The SMILES string of the molecule is C[C@H](CO)n1c(C(F)F)nc2cc(C(=O)Nc3ccc(OC(F)(F)Cl)cc3)cc(-c3cncnc3)c21. The van der Waals surface area contributed by atoms with Crippen molar-refractivity contribution in [2.24, 2.45) is 0 Å². The smallest absolute Gasteiger partial charge is 0.420 e. The molecule has 0 aliphatic carbocycles. The van der Waals surface area contributed by atoms with Crippen molar-refractivity contribution in [1.29, 1.82) is 0 Å². The van der Waals surface area contributed by atoms with Gasteiger partial charge in [0.2, 0.25) is 0 Å². The number of nitrogens with one attached hydrogen (secondary N) is 1. The van der Waals surface area contributed by atoms with E-state index < -0.39 is 36.4 Å². The lowest BCUT2D eigenvalue weighted by molar-refractivity contribution is -0.0964. The van der Waals surface area contributed by atoms with Gasteiger partial charge in [-0.3, -0.25) is 4.79 Å². The zero-order valence-electron chi connectivity index (χ0n) is 18.5. The zero-order chi connectivity index (χ0) is 26.0. The molecule has 0 fully saturated rings. The van der Waals surface area contributed by atoms with Gasteiger partial charge in [-0.15, -0.1) is 8.78 Å². The van der Waals surface area contributed by atoms with Crippen molar-refractivity contribution in [2.45, 2.75) is 25.0 Å². The lowest BCUT2D eigenvalue weighted by Gasteiger charge is -2.17. The van der Waals surface area contributed by atoms with Crippen molar-refractivity contribution < 1.29 is 32.2 Å². The number of carbonyl (C=O) groups excluding carboxylic acids is 1. The highest BCUT2D eigenvalue weighted by Crippen LogP contribution is 2.35. The molecule has 2 N–H and O–H groups in total. The fraction of sp³-hybridized carbons (Fsp3) is 0.217. The second kappa shape index (κ2) is 10.1. The molecule has 13 heteroatoms. The van der Waals surface area contributed by atoms with Gasteiger partial charge in [0.1, 0.15) is 12.1 Å². The number of alkyl halides is 5. The molecule has 0 saturated carbocycles. The van der Waals surface area contributed by atoms with Crippen LogP contribution in [-0.2, 0) is 0 Å². The van der Waals surface area contributed by atoms with Crippen molar-refractivity contribution >= 4 is 34.2 Å². The van der Waals surface area contributed by atoms with Crippen molar-refractivity contribution in [3.63, 3.8) is 0 Å². The third-order valence-electron chi connectivity index (χ3n) is 5.19. The summed E-state index contributed by atoms with van der Waals surface area (Å²) in [6, 6.07) is 7.11. The molecule has 2 aromatic carbocycles. The van der Waals surface area contributed by atoms with Crippen molar-refractivity contribution in [3.8, 4) is 16.9 Å². The molecular formula is C23H18ClF4N5O3. The second-order valence-corrected chi connectivity index (χ2v) is 8.16. The second-order valence-electron chi connectivity index (χ2n) is 7.72. The summed E-state index contributed by atoms with van der Waals surface area (Å²) < 4.78 is 58.7. The van der Waals surface area contributed by atoms with Gasteiger partial charge in [0, 0.05) is 46.4 Å². The van der Waals surface area contributed by atoms with Crippen LogP contribution in [0.4, 0.5) is 23.2 Å². The fourth-order valence-electron chi connectivity index (χ4n) is 3.66. The first kappa shape index (κ1) is 25.3. The summed E-state index contributed by atoms with van der Waals surface area (Å²) in [4.78, 5) is 25.0. The lowest BCUT2D eigenvalue weighted by atomic mass is 10.0.